The van der Waals surface area contributed by atoms with Gasteiger partial charge in [0.05, 0.1) is 0 Å². The number of rotatable bonds is 2. The average Bonchev–Trinajstić information content (AvgIpc) is 2.56. The van der Waals surface area contributed by atoms with Crippen molar-refractivity contribution in [2.45, 2.75) is 124 Å². The molecule has 32 heavy (non-hydrogen) atoms. The lowest BCUT2D eigenvalue weighted by molar-refractivity contribution is 0.572. The van der Waals surface area contributed by atoms with Crippen LogP contribution in [0, 0.1) is 13.8 Å². The SMILES string of the molecule is Cc1cc(C(C)(C)C)[c]([Al]([CH3])[c]2c(C(C)(C)C)cc(C)cc2C(C)(C)C)c(C(C)(C)C)c1. The van der Waals surface area contributed by atoms with Gasteiger partial charge in [0.15, 0.2) is 0 Å². The van der Waals surface area contributed by atoms with E-state index in [0.717, 1.165) is 0 Å². The summed E-state index contributed by atoms with van der Waals surface area (Å²) in [5.41, 5.74) is 9.50. The van der Waals surface area contributed by atoms with Gasteiger partial charge in [0.1, 0.15) is 0 Å². The molecular formula is C31H49Al. The predicted molar refractivity (Wildman–Crippen MR) is 148 cm³/mol. The minimum Gasteiger partial charge on any atom is -0.0977 e. The molecule has 0 aromatic heterocycles. The Bertz CT molecular complexity index is 828. The van der Waals surface area contributed by atoms with Crippen LogP contribution in [0.1, 0.15) is 116 Å². The van der Waals surface area contributed by atoms with E-state index >= 15 is 0 Å². The quantitative estimate of drug-likeness (QED) is 0.412. The summed E-state index contributed by atoms with van der Waals surface area (Å²) in [5.74, 6) is 2.60. The second-order valence-corrected chi connectivity index (χ2v) is 16.9. The van der Waals surface area contributed by atoms with Crippen LogP contribution in [-0.2, 0) is 21.7 Å². The van der Waals surface area contributed by atoms with Crippen LogP contribution in [-0.4, -0.2) is 14.1 Å². The first kappa shape index (κ1) is 27.2. The molecule has 0 atom stereocenters. The van der Waals surface area contributed by atoms with Crippen LogP contribution in [0.5, 0.6) is 0 Å². The first-order valence-electron chi connectivity index (χ1n) is 12.5. The molecule has 0 fully saturated rings. The molecule has 0 amide bonds. The van der Waals surface area contributed by atoms with Crippen LogP contribution in [0.3, 0.4) is 0 Å². The third-order valence-electron chi connectivity index (χ3n) is 6.75. The third-order valence-corrected chi connectivity index (χ3v) is 9.72. The molecule has 176 valence electrons. The van der Waals surface area contributed by atoms with E-state index in [1.807, 2.05) is 0 Å². The molecule has 0 aliphatic heterocycles. The molecule has 0 saturated heterocycles. The van der Waals surface area contributed by atoms with Crippen molar-refractivity contribution < 1.29 is 0 Å². The van der Waals surface area contributed by atoms with Gasteiger partial charge in [0.2, 0.25) is 0 Å². The molecule has 2 aromatic rings. The zero-order valence-corrected chi connectivity index (χ0v) is 25.0. The smallest absolute Gasteiger partial charge is 0.0977 e. The predicted octanol–water partition coefficient (Wildman–Crippen LogP) is 7.73. The van der Waals surface area contributed by atoms with E-state index in [9.17, 15) is 0 Å². The highest BCUT2D eigenvalue weighted by atomic mass is 27.2. The maximum Gasteiger partial charge on any atom is 0.344 e. The van der Waals surface area contributed by atoms with E-state index < -0.39 is 14.1 Å². The number of benzene rings is 2. The molecular weight excluding hydrogens is 399 g/mol. The van der Waals surface area contributed by atoms with Crippen LogP contribution < -0.4 is 8.85 Å². The summed E-state index contributed by atoms with van der Waals surface area (Å²) in [5, 5.41) is 0. The molecule has 0 aliphatic carbocycles. The van der Waals surface area contributed by atoms with Gasteiger partial charge in [-0.2, -0.15) is 0 Å². The zero-order valence-electron chi connectivity index (χ0n) is 23.9. The van der Waals surface area contributed by atoms with Crippen molar-refractivity contribution in [2.75, 3.05) is 0 Å². The average molecular weight is 449 g/mol. The molecule has 2 aromatic carbocycles. The summed E-state index contributed by atoms with van der Waals surface area (Å²) in [7, 11) is 0. The van der Waals surface area contributed by atoms with Crippen molar-refractivity contribution in [1.82, 2.24) is 0 Å². The van der Waals surface area contributed by atoms with E-state index in [-0.39, 0.29) is 21.7 Å². The van der Waals surface area contributed by atoms with Crippen molar-refractivity contribution in [1.29, 1.82) is 0 Å². The van der Waals surface area contributed by atoms with Crippen molar-refractivity contribution >= 4 is 23.0 Å². The van der Waals surface area contributed by atoms with Gasteiger partial charge in [0, 0.05) is 0 Å². The van der Waals surface area contributed by atoms with Crippen molar-refractivity contribution in [3.63, 3.8) is 0 Å². The van der Waals surface area contributed by atoms with Gasteiger partial charge in [-0.05, 0) is 35.5 Å². The Morgan fingerprint density at radius 3 is 0.781 bits per heavy atom. The summed E-state index contributed by atoms with van der Waals surface area (Å²) in [6.45, 7) is 33.2. The Labute approximate surface area is 204 Å². The Morgan fingerprint density at radius 2 is 0.625 bits per heavy atom. The van der Waals surface area contributed by atoms with Gasteiger partial charge in [0.25, 0.3) is 0 Å². The minimum absolute atomic E-state index is 0.122. The van der Waals surface area contributed by atoms with Crippen LogP contribution in [0.25, 0.3) is 0 Å². The Morgan fingerprint density at radius 1 is 0.438 bits per heavy atom. The van der Waals surface area contributed by atoms with Crippen LogP contribution in [0.2, 0.25) is 5.79 Å². The molecule has 0 nitrogen and oxygen atoms in total. The first-order chi connectivity index (χ1) is 14.2. The normalized spacial score (nSPS) is 13.5. The van der Waals surface area contributed by atoms with Gasteiger partial charge >= 0.3 is 14.1 Å². The summed E-state index contributed by atoms with van der Waals surface area (Å²) in [4.78, 5) is 0. The summed E-state index contributed by atoms with van der Waals surface area (Å²) in [6, 6.07) is 9.93. The monoisotopic (exact) mass is 448 g/mol. The van der Waals surface area contributed by atoms with Crippen LogP contribution in [0.4, 0.5) is 0 Å². The summed E-state index contributed by atoms with van der Waals surface area (Å²) < 4.78 is 3.35. The fourth-order valence-electron chi connectivity index (χ4n) is 5.15. The Kier molecular flexibility index (Phi) is 7.35. The highest BCUT2D eigenvalue weighted by molar-refractivity contribution is 6.85. The van der Waals surface area contributed by atoms with E-state index in [2.05, 4.69) is 127 Å². The van der Waals surface area contributed by atoms with E-state index in [0.29, 0.717) is 0 Å². The molecule has 0 spiro atoms. The number of hydrogen-bond donors (Lipinski definition) is 0. The molecule has 0 aliphatic rings. The van der Waals surface area contributed by atoms with Crippen LogP contribution >= 0.6 is 0 Å². The first-order valence-corrected chi connectivity index (χ1v) is 14.8. The van der Waals surface area contributed by atoms with Gasteiger partial charge in [-0.1, -0.05) is 155 Å². The molecule has 1 heteroatoms. The maximum absolute atomic E-state index is 2.60. The lowest BCUT2D eigenvalue weighted by Crippen LogP contribution is -2.52. The standard InChI is InChI=1S/2C15H23.CH3.Al/c2*1-11-8-12(14(2,3)4)10-13(9-11)15(5,6)7;;/h2*8-9H,1-7H3;1H3;. The largest absolute Gasteiger partial charge is 0.344 e. The van der Waals surface area contributed by atoms with Crippen LogP contribution in [0.15, 0.2) is 24.3 Å². The molecule has 0 bridgehead atoms. The second kappa shape index (κ2) is 8.64. The minimum atomic E-state index is -1.52. The zero-order chi connectivity index (χ0) is 25.0. The summed E-state index contributed by atoms with van der Waals surface area (Å²) in [6.07, 6.45) is 0. The van der Waals surface area contributed by atoms with Crippen molar-refractivity contribution in [3.05, 3.63) is 57.6 Å². The van der Waals surface area contributed by atoms with E-state index in [1.54, 1.807) is 31.1 Å². The fourth-order valence-corrected chi connectivity index (χ4v) is 9.37. The molecule has 0 heterocycles. The Hall–Kier alpha value is -1.03. The third kappa shape index (κ3) is 5.72. The van der Waals surface area contributed by atoms with E-state index in [4.69, 9.17) is 0 Å². The number of hydrogen-bond acceptors (Lipinski definition) is 0. The molecule has 2 rings (SSSR count). The van der Waals surface area contributed by atoms with Gasteiger partial charge in [-0.25, -0.2) is 0 Å². The Balaban J connectivity index is 3.09. The molecule has 0 saturated carbocycles. The van der Waals surface area contributed by atoms with Gasteiger partial charge in [-0.3, -0.25) is 0 Å². The lowest BCUT2D eigenvalue weighted by atomic mass is 9.79. The molecule has 0 radical (unpaired) electrons. The highest BCUT2D eigenvalue weighted by Crippen LogP contribution is 2.33. The van der Waals surface area contributed by atoms with Crippen molar-refractivity contribution in [3.8, 4) is 0 Å². The lowest BCUT2D eigenvalue weighted by Gasteiger charge is -2.37. The number of aryl methyl sites for hydroxylation is 2. The molecule has 0 N–H and O–H groups in total. The molecule has 0 unspecified atom stereocenters. The summed E-state index contributed by atoms with van der Waals surface area (Å²) >= 11 is -1.52. The second-order valence-electron chi connectivity index (χ2n) is 14.3. The van der Waals surface area contributed by atoms with E-state index in [1.165, 1.54) is 11.1 Å². The maximum atomic E-state index is 2.60. The van der Waals surface area contributed by atoms with Gasteiger partial charge < -0.3 is 0 Å². The van der Waals surface area contributed by atoms with Gasteiger partial charge in [-0.15, -0.1) is 0 Å². The topological polar surface area (TPSA) is 0 Å². The fraction of sp³-hybridized carbons (Fsp3) is 0.613. The van der Waals surface area contributed by atoms with Crippen molar-refractivity contribution in [2.24, 2.45) is 0 Å². The highest BCUT2D eigenvalue weighted by Gasteiger charge is 2.37.